The number of rotatable bonds is 5. The van der Waals surface area contributed by atoms with Crippen LogP contribution >= 0.6 is 0 Å². The van der Waals surface area contributed by atoms with E-state index in [4.69, 9.17) is 0 Å². The van der Waals surface area contributed by atoms with E-state index in [2.05, 4.69) is 0 Å². The molecule has 3 aromatic carbocycles. The minimum Gasteiger partial charge on any atom is -0.207 e. The van der Waals surface area contributed by atoms with E-state index in [1.54, 1.807) is 12.1 Å². The second kappa shape index (κ2) is 12.9. The maximum absolute atomic E-state index is 14.5. The summed E-state index contributed by atoms with van der Waals surface area (Å²) in [7, 11) is 0. The minimum absolute atomic E-state index is 0.175. The van der Waals surface area contributed by atoms with Crippen molar-refractivity contribution in [2.24, 2.45) is 0 Å². The van der Waals surface area contributed by atoms with Gasteiger partial charge in [-0.15, -0.1) is 0 Å². The van der Waals surface area contributed by atoms with Crippen molar-refractivity contribution in [3.63, 3.8) is 0 Å². The van der Waals surface area contributed by atoms with Gasteiger partial charge in [0.05, 0.1) is 5.56 Å². The fraction of sp³-hybridized carbons (Fsp3) is 0.333. The van der Waals surface area contributed by atoms with Crippen molar-refractivity contribution < 1.29 is 13.2 Å². The molecule has 0 nitrogen and oxygen atoms in total. The van der Waals surface area contributed by atoms with Crippen LogP contribution in [0.5, 0.6) is 0 Å². The van der Waals surface area contributed by atoms with Crippen LogP contribution in [-0.2, 0) is 19.3 Å². The Kier molecular flexibility index (Phi) is 11.0. The zero-order valence-electron chi connectivity index (χ0n) is 19.0. The van der Waals surface area contributed by atoms with Crippen LogP contribution in [-0.4, -0.2) is 0 Å². The Balaban J connectivity index is 0.00000106. The second-order valence-electron chi connectivity index (χ2n) is 6.58. The smallest absolute Gasteiger partial charge is 0.134 e. The molecule has 0 fully saturated rings. The highest BCUT2D eigenvalue weighted by atomic mass is 19.1. The molecule has 30 heavy (non-hydrogen) atoms. The molecule has 3 rings (SSSR count). The molecule has 0 heterocycles. The molecule has 162 valence electrons. The first-order valence-electron chi connectivity index (χ1n) is 10.8. The Morgan fingerprint density at radius 1 is 0.633 bits per heavy atom. The lowest BCUT2D eigenvalue weighted by molar-refractivity contribution is 0.584. The summed E-state index contributed by atoms with van der Waals surface area (Å²) in [5, 5.41) is 0. The van der Waals surface area contributed by atoms with Gasteiger partial charge in [0.1, 0.15) is 17.5 Å². The van der Waals surface area contributed by atoms with Gasteiger partial charge < -0.3 is 0 Å². The molecule has 0 amide bonds. The van der Waals surface area contributed by atoms with E-state index in [0.29, 0.717) is 30.4 Å². The first-order chi connectivity index (χ1) is 14.5. The monoisotopic (exact) mass is 414 g/mol. The van der Waals surface area contributed by atoms with Crippen LogP contribution < -0.4 is 0 Å². The number of halogens is 3. The van der Waals surface area contributed by atoms with Gasteiger partial charge in [0.15, 0.2) is 0 Å². The molecule has 0 spiro atoms. The summed E-state index contributed by atoms with van der Waals surface area (Å²) in [4.78, 5) is 0. The summed E-state index contributed by atoms with van der Waals surface area (Å²) in [5.41, 5.74) is 3.47. The van der Waals surface area contributed by atoms with Gasteiger partial charge in [-0.2, -0.15) is 0 Å². The van der Waals surface area contributed by atoms with Crippen LogP contribution in [0.4, 0.5) is 13.2 Å². The molecule has 0 saturated carbocycles. The summed E-state index contributed by atoms with van der Waals surface area (Å²) in [5.74, 6) is -1.76. The molecule has 3 aromatic rings. The highest BCUT2D eigenvalue weighted by molar-refractivity contribution is 5.66. The van der Waals surface area contributed by atoms with E-state index in [1.807, 2.05) is 65.8 Å². The molecule has 0 bridgehead atoms. The largest absolute Gasteiger partial charge is 0.207 e. The lowest BCUT2D eigenvalue weighted by Crippen LogP contribution is -1.98. The lowest BCUT2D eigenvalue weighted by Gasteiger charge is -2.10. The van der Waals surface area contributed by atoms with Crippen LogP contribution in [0.15, 0.2) is 54.6 Å². The molecular formula is C27H33F3. The van der Waals surface area contributed by atoms with Gasteiger partial charge in [-0.1, -0.05) is 76.6 Å². The SMILES string of the molecule is CC.CC.CCc1ccc(-c2c(F)cc(CCc3ccc(C)cc3)cc2F)cc1F. The molecule has 0 aromatic heterocycles. The van der Waals surface area contributed by atoms with E-state index in [1.165, 1.54) is 23.8 Å². The quantitative estimate of drug-likeness (QED) is 0.393. The molecule has 0 saturated heterocycles. The predicted octanol–water partition coefficient (Wildman–Crippen LogP) is 8.48. The van der Waals surface area contributed by atoms with Gasteiger partial charge in [-0.3, -0.25) is 0 Å². The van der Waals surface area contributed by atoms with Gasteiger partial charge in [0.2, 0.25) is 0 Å². The third kappa shape index (κ3) is 6.76. The van der Waals surface area contributed by atoms with Crippen molar-refractivity contribution in [2.75, 3.05) is 0 Å². The van der Waals surface area contributed by atoms with Crippen molar-refractivity contribution in [1.29, 1.82) is 0 Å². The maximum Gasteiger partial charge on any atom is 0.134 e. The van der Waals surface area contributed by atoms with Crippen molar-refractivity contribution in [3.8, 4) is 11.1 Å². The number of aryl methyl sites for hydroxylation is 4. The van der Waals surface area contributed by atoms with Gasteiger partial charge in [0, 0.05) is 0 Å². The van der Waals surface area contributed by atoms with E-state index < -0.39 is 17.5 Å². The topological polar surface area (TPSA) is 0 Å². The molecule has 0 aliphatic heterocycles. The molecule has 0 aliphatic carbocycles. The Hall–Kier alpha value is -2.55. The van der Waals surface area contributed by atoms with Crippen LogP contribution in [0.25, 0.3) is 11.1 Å². The third-order valence-electron chi connectivity index (χ3n) is 4.65. The minimum atomic E-state index is -0.660. The van der Waals surface area contributed by atoms with Crippen LogP contribution in [0.1, 0.15) is 56.9 Å². The summed E-state index contributed by atoms with van der Waals surface area (Å²) in [6.45, 7) is 11.9. The molecule has 3 heteroatoms. The van der Waals surface area contributed by atoms with Crippen molar-refractivity contribution in [1.82, 2.24) is 0 Å². The van der Waals surface area contributed by atoms with Crippen LogP contribution in [0.3, 0.4) is 0 Å². The summed E-state index contributed by atoms with van der Waals surface area (Å²) in [6.07, 6.45) is 1.79. The predicted molar refractivity (Wildman–Crippen MR) is 122 cm³/mol. The fourth-order valence-electron chi connectivity index (χ4n) is 3.08. The van der Waals surface area contributed by atoms with Gasteiger partial charge >= 0.3 is 0 Å². The zero-order chi connectivity index (χ0) is 22.7. The van der Waals surface area contributed by atoms with E-state index in [9.17, 15) is 13.2 Å². The normalized spacial score (nSPS) is 9.90. The molecule has 0 N–H and O–H groups in total. The number of hydrogen-bond acceptors (Lipinski definition) is 0. The zero-order valence-corrected chi connectivity index (χ0v) is 19.0. The highest BCUT2D eigenvalue weighted by Crippen LogP contribution is 2.29. The first-order valence-corrected chi connectivity index (χ1v) is 10.8. The Morgan fingerprint density at radius 3 is 1.67 bits per heavy atom. The van der Waals surface area contributed by atoms with Crippen LogP contribution in [0.2, 0.25) is 0 Å². The maximum atomic E-state index is 14.5. The molecule has 0 radical (unpaired) electrons. The highest BCUT2D eigenvalue weighted by Gasteiger charge is 2.15. The van der Waals surface area contributed by atoms with E-state index in [0.717, 1.165) is 5.56 Å². The van der Waals surface area contributed by atoms with Crippen molar-refractivity contribution >= 4 is 0 Å². The summed E-state index contributed by atoms with van der Waals surface area (Å²) >= 11 is 0. The number of benzene rings is 3. The molecule has 0 unspecified atom stereocenters. The summed E-state index contributed by atoms with van der Waals surface area (Å²) in [6, 6.07) is 15.1. The molecule has 0 atom stereocenters. The Morgan fingerprint density at radius 2 is 1.17 bits per heavy atom. The Labute approximate surface area is 179 Å². The van der Waals surface area contributed by atoms with Gasteiger partial charge in [-0.05, 0) is 66.6 Å². The number of hydrogen-bond donors (Lipinski definition) is 0. The lowest BCUT2D eigenvalue weighted by atomic mass is 9.97. The van der Waals surface area contributed by atoms with Crippen molar-refractivity contribution in [3.05, 3.63) is 94.3 Å². The van der Waals surface area contributed by atoms with Crippen LogP contribution in [0, 0.1) is 24.4 Å². The average molecular weight is 415 g/mol. The van der Waals surface area contributed by atoms with Crippen molar-refractivity contribution in [2.45, 2.75) is 60.8 Å². The fourth-order valence-corrected chi connectivity index (χ4v) is 3.08. The Bertz CT molecular complexity index is 889. The van der Waals surface area contributed by atoms with E-state index >= 15 is 0 Å². The standard InChI is InChI=1S/C23H21F3.2C2H6/c1-3-18-10-11-19(14-20(18)24)23-21(25)12-17(13-22(23)26)9-8-16-6-4-15(2)5-7-16;2*1-2/h4-7,10-14H,3,8-9H2,1-2H3;2*1-2H3. The molecule has 0 aliphatic rings. The second-order valence-corrected chi connectivity index (χ2v) is 6.58. The first kappa shape index (κ1) is 25.5. The third-order valence-corrected chi connectivity index (χ3v) is 4.65. The molecular weight excluding hydrogens is 381 g/mol. The van der Waals surface area contributed by atoms with Gasteiger partial charge in [-0.25, -0.2) is 13.2 Å². The van der Waals surface area contributed by atoms with E-state index in [-0.39, 0.29) is 11.1 Å². The average Bonchev–Trinajstić information content (AvgIpc) is 2.76. The van der Waals surface area contributed by atoms with Gasteiger partial charge in [0.25, 0.3) is 0 Å². The summed E-state index contributed by atoms with van der Waals surface area (Å²) < 4.78 is 43.0.